The first-order valence-electron chi connectivity index (χ1n) is 5.58. The molecule has 0 atom stereocenters. The Balaban J connectivity index is 2.05. The number of aromatic nitrogens is 2. The summed E-state index contributed by atoms with van der Waals surface area (Å²) in [4.78, 5) is 11.4. The van der Waals surface area contributed by atoms with Crippen molar-refractivity contribution in [2.75, 3.05) is 12.4 Å². The predicted octanol–water partition coefficient (Wildman–Crippen LogP) is 1.44. The van der Waals surface area contributed by atoms with Gasteiger partial charge in [-0.3, -0.25) is 4.79 Å². The van der Waals surface area contributed by atoms with E-state index in [1.54, 1.807) is 7.05 Å². The number of rotatable bonds is 5. The van der Waals surface area contributed by atoms with Crippen LogP contribution < -0.4 is 10.6 Å². The number of carbonyl (C=O) groups is 1. The van der Waals surface area contributed by atoms with Crippen LogP contribution in [0.15, 0.2) is 29.6 Å². The molecule has 0 aliphatic heterocycles. The van der Waals surface area contributed by atoms with Gasteiger partial charge in [-0.25, -0.2) is 0 Å². The third-order valence-electron chi connectivity index (χ3n) is 2.51. The summed E-state index contributed by atoms with van der Waals surface area (Å²) in [6, 6.07) is 7.76. The first-order chi connectivity index (χ1) is 8.79. The molecule has 6 heteroatoms. The molecule has 1 amide bonds. The van der Waals surface area contributed by atoms with Gasteiger partial charge in [0.05, 0.1) is 18.7 Å². The van der Waals surface area contributed by atoms with Gasteiger partial charge in [-0.1, -0.05) is 22.7 Å². The molecule has 0 fully saturated rings. The number of nitrogens with zero attached hydrogens (tertiary/aromatic N) is 2. The Morgan fingerprint density at radius 1 is 1.39 bits per heavy atom. The minimum absolute atomic E-state index is 0.000394. The molecule has 0 saturated heterocycles. The Bertz CT molecular complexity index is 513. The number of hydrogen-bond acceptors (Lipinski definition) is 5. The van der Waals surface area contributed by atoms with Crippen LogP contribution in [0, 0.1) is 0 Å². The van der Waals surface area contributed by atoms with Gasteiger partial charge < -0.3 is 10.6 Å². The normalized spacial score (nSPS) is 10.1. The lowest BCUT2D eigenvalue weighted by atomic mass is 10.1. The van der Waals surface area contributed by atoms with E-state index < -0.39 is 0 Å². The molecular formula is C12H14N4OS. The summed E-state index contributed by atoms with van der Waals surface area (Å²) in [7, 11) is 1.64. The number of para-hydroxylation sites is 1. The molecule has 0 bridgehead atoms. The van der Waals surface area contributed by atoms with Crippen LogP contribution in [0.4, 0.5) is 5.69 Å². The molecule has 1 aromatic heterocycles. The zero-order chi connectivity index (χ0) is 12.8. The molecule has 2 N–H and O–H groups in total. The number of amides is 1. The zero-order valence-electron chi connectivity index (χ0n) is 10.0. The van der Waals surface area contributed by atoms with Gasteiger partial charge >= 0.3 is 0 Å². The summed E-state index contributed by atoms with van der Waals surface area (Å²) < 4.78 is 3.81. The van der Waals surface area contributed by atoms with Crippen LogP contribution in [-0.2, 0) is 17.8 Å². The molecule has 2 rings (SSSR count). The van der Waals surface area contributed by atoms with E-state index in [1.165, 1.54) is 11.5 Å². The standard InChI is InChI=1S/C12H14N4OS/c1-13-12(17)6-9-4-2-3-5-11(9)14-7-10-8-18-16-15-10/h2-5,8,14H,6-7H2,1H3,(H,13,17). The van der Waals surface area contributed by atoms with Crippen molar-refractivity contribution >= 4 is 23.1 Å². The van der Waals surface area contributed by atoms with Crippen LogP contribution in [0.2, 0.25) is 0 Å². The van der Waals surface area contributed by atoms with Crippen LogP contribution >= 0.6 is 11.5 Å². The summed E-state index contributed by atoms with van der Waals surface area (Å²) in [5, 5.41) is 11.8. The average Bonchev–Trinajstić information content (AvgIpc) is 2.91. The number of nitrogens with one attached hydrogen (secondary N) is 2. The molecule has 1 heterocycles. The van der Waals surface area contributed by atoms with Crippen LogP contribution in [0.25, 0.3) is 0 Å². The maximum atomic E-state index is 11.4. The smallest absolute Gasteiger partial charge is 0.224 e. The Morgan fingerprint density at radius 3 is 2.94 bits per heavy atom. The summed E-state index contributed by atoms with van der Waals surface area (Å²) in [6.07, 6.45) is 0.370. The van der Waals surface area contributed by atoms with Gasteiger partial charge in [-0.05, 0) is 23.2 Å². The van der Waals surface area contributed by atoms with Gasteiger partial charge in [0.2, 0.25) is 5.91 Å². The zero-order valence-corrected chi connectivity index (χ0v) is 10.8. The molecule has 0 aliphatic rings. The maximum absolute atomic E-state index is 11.4. The van der Waals surface area contributed by atoms with Crippen molar-refractivity contribution in [3.63, 3.8) is 0 Å². The molecular weight excluding hydrogens is 248 g/mol. The second-order valence-corrected chi connectivity index (χ2v) is 4.37. The fourth-order valence-corrected chi connectivity index (χ4v) is 2.01. The van der Waals surface area contributed by atoms with E-state index in [9.17, 15) is 4.79 Å². The Labute approximate surface area is 109 Å². The van der Waals surface area contributed by atoms with Crippen LogP contribution in [0.5, 0.6) is 0 Å². The van der Waals surface area contributed by atoms with E-state index in [0.29, 0.717) is 13.0 Å². The highest BCUT2D eigenvalue weighted by molar-refractivity contribution is 7.03. The molecule has 0 radical (unpaired) electrons. The molecule has 18 heavy (non-hydrogen) atoms. The third-order valence-corrected chi connectivity index (χ3v) is 3.07. The van der Waals surface area contributed by atoms with Gasteiger partial charge in [0.15, 0.2) is 0 Å². The summed E-state index contributed by atoms with van der Waals surface area (Å²) in [5.74, 6) is -0.000394. The first kappa shape index (κ1) is 12.5. The van der Waals surface area contributed by atoms with Crippen molar-refractivity contribution in [3.8, 4) is 0 Å². The maximum Gasteiger partial charge on any atom is 0.224 e. The van der Waals surface area contributed by atoms with E-state index in [-0.39, 0.29) is 5.91 Å². The quantitative estimate of drug-likeness (QED) is 0.855. The van der Waals surface area contributed by atoms with Crippen LogP contribution in [0.1, 0.15) is 11.3 Å². The SMILES string of the molecule is CNC(=O)Cc1ccccc1NCc1csnn1. The monoisotopic (exact) mass is 262 g/mol. The third kappa shape index (κ3) is 3.27. The average molecular weight is 262 g/mol. The molecule has 0 unspecified atom stereocenters. The van der Waals surface area contributed by atoms with Crippen molar-refractivity contribution in [2.24, 2.45) is 0 Å². The minimum atomic E-state index is -0.000394. The number of likely N-dealkylation sites (N-methyl/N-ethyl adjacent to an activating group) is 1. The largest absolute Gasteiger partial charge is 0.379 e. The van der Waals surface area contributed by atoms with Crippen molar-refractivity contribution in [1.82, 2.24) is 14.9 Å². The second kappa shape index (κ2) is 6.11. The lowest BCUT2D eigenvalue weighted by Crippen LogP contribution is -2.20. The fourth-order valence-electron chi connectivity index (χ4n) is 1.56. The van der Waals surface area contributed by atoms with Gasteiger partial charge in [0.1, 0.15) is 0 Å². The molecule has 5 nitrogen and oxygen atoms in total. The number of benzene rings is 1. The fraction of sp³-hybridized carbons (Fsp3) is 0.250. The van der Waals surface area contributed by atoms with E-state index in [2.05, 4.69) is 20.2 Å². The topological polar surface area (TPSA) is 66.9 Å². The molecule has 0 saturated carbocycles. The lowest BCUT2D eigenvalue weighted by molar-refractivity contribution is -0.119. The Kier molecular flexibility index (Phi) is 4.25. The van der Waals surface area contributed by atoms with Crippen molar-refractivity contribution in [3.05, 3.63) is 40.9 Å². The molecule has 2 aromatic rings. The number of hydrogen-bond donors (Lipinski definition) is 2. The van der Waals surface area contributed by atoms with E-state index in [4.69, 9.17) is 0 Å². The molecule has 0 aliphatic carbocycles. The van der Waals surface area contributed by atoms with Gasteiger partial charge in [-0.2, -0.15) is 0 Å². The van der Waals surface area contributed by atoms with Crippen molar-refractivity contribution < 1.29 is 4.79 Å². The molecule has 1 aromatic carbocycles. The lowest BCUT2D eigenvalue weighted by Gasteiger charge is -2.10. The van der Waals surface area contributed by atoms with Crippen LogP contribution in [-0.4, -0.2) is 22.5 Å². The summed E-state index contributed by atoms with van der Waals surface area (Å²) in [5.41, 5.74) is 2.82. The second-order valence-electron chi connectivity index (χ2n) is 3.76. The Morgan fingerprint density at radius 2 is 2.22 bits per heavy atom. The minimum Gasteiger partial charge on any atom is -0.379 e. The highest BCUT2D eigenvalue weighted by Crippen LogP contribution is 2.16. The number of anilines is 1. The summed E-state index contributed by atoms with van der Waals surface area (Å²) in [6.45, 7) is 0.612. The first-order valence-corrected chi connectivity index (χ1v) is 6.41. The number of carbonyl (C=O) groups excluding carboxylic acids is 1. The van der Waals surface area contributed by atoms with Gasteiger partial charge in [0, 0.05) is 18.1 Å². The van der Waals surface area contributed by atoms with Crippen molar-refractivity contribution in [2.45, 2.75) is 13.0 Å². The van der Waals surface area contributed by atoms with E-state index >= 15 is 0 Å². The van der Waals surface area contributed by atoms with Crippen LogP contribution in [0.3, 0.4) is 0 Å². The molecule has 94 valence electrons. The highest BCUT2D eigenvalue weighted by Gasteiger charge is 2.06. The summed E-state index contributed by atoms with van der Waals surface area (Å²) >= 11 is 1.33. The highest BCUT2D eigenvalue weighted by atomic mass is 32.1. The van der Waals surface area contributed by atoms with Gasteiger partial charge in [-0.15, -0.1) is 5.10 Å². The predicted molar refractivity (Wildman–Crippen MR) is 71.4 cm³/mol. The van der Waals surface area contributed by atoms with E-state index in [0.717, 1.165) is 16.9 Å². The molecule has 0 spiro atoms. The Hall–Kier alpha value is -1.95. The van der Waals surface area contributed by atoms with Crippen molar-refractivity contribution in [1.29, 1.82) is 0 Å². The van der Waals surface area contributed by atoms with Gasteiger partial charge in [0.25, 0.3) is 0 Å². The van der Waals surface area contributed by atoms with E-state index in [1.807, 2.05) is 29.6 Å².